The highest BCUT2D eigenvalue weighted by atomic mass is 32.1. The Morgan fingerprint density at radius 1 is 1.59 bits per heavy atom. The van der Waals surface area contributed by atoms with Crippen molar-refractivity contribution < 1.29 is 4.79 Å². The normalized spacial score (nSPS) is 10.2. The van der Waals surface area contributed by atoms with Gasteiger partial charge in [-0.3, -0.25) is 9.78 Å². The number of aryl methyl sites for hydroxylation is 1. The Morgan fingerprint density at radius 2 is 2.41 bits per heavy atom. The highest BCUT2D eigenvalue weighted by Gasteiger charge is 2.09. The van der Waals surface area contributed by atoms with Gasteiger partial charge in [0.25, 0.3) is 5.91 Å². The van der Waals surface area contributed by atoms with Crippen LogP contribution in [0.3, 0.4) is 0 Å². The first kappa shape index (κ1) is 11.5. The van der Waals surface area contributed by atoms with Crippen molar-refractivity contribution in [2.24, 2.45) is 0 Å². The van der Waals surface area contributed by atoms with Crippen LogP contribution in [0.2, 0.25) is 0 Å². The van der Waals surface area contributed by atoms with Crippen LogP contribution in [0.15, 0.2) is 23.8 Å². The molecule has 88 valence electrons. The number of anilines is 1. The molecular formula is C11H12N4OS. The van der Waals surface area contributed by atoms with Crippen molar-refractivity contribution in [3.63, 3.8) is 0 Å². The number of amides is 1. The molecule has 0 atom stereocenters. The second-order valence-corrected chi connectivity index (χ2v) is 4.57. The number of carbonyl (C=O) groups is 1. The molecule has 0 aliphatic heterocycles. The van der Waals surface area contributed by atoms with Crippen molar-refractivity contribution in [3.05, 3.63) is 40.1 Å². The predicted molar refractivity (Wildman–Crippen MR) is 66.7 cm³/mol. The maximum absolute atomic E-state index is 11.8. The summed E-state index contributed by atoms with van der Waals surface area (Å²) in [5, 5.41) is 5.67. The van der Waals surface area contributed by atoms with Crippen LogP contribution in [0.1, 0.15) is 21.1 Å². The van der Waals surface area contributed by atoms with Crippen molar-refractivity contribution >= 4 is 22.9 Å². The van der Waals surface area contributed by atoms with E-state index in [1.165, 1.54) is 12.4 Å². The molecule has 17 heavy (non-hydrogen) atoms. The first-order chi connectivity index (χ1) is 8.16. The van der Waals surface area contributed by atoms with Crippen LogP contribution in [0.25, 0.3) is 0 Å². The van der Waals surface area contributed by atoms with Crippen LogP contribution in [-0.4, -0.2) is 15.9 Å². The number of thiazole rings is 1. The fraction of sp³-hybridized carbons (Fsp3) is 0.182. The topological polar surface area (TPSA) is 80.9 Å². The molecule has 2 rings (SSSR count). The van der Waals surface area contributed by atoms with Crippen molar-refractivity contribution in [3.8, 4) is 0 Å². The smallest absolute Gasteiger partial charge is 0.253 e. The van der Waals surface area contributed by atoms with E-state index >= 15 is 0 Å². The lowest BCUT2D eigenvalue weighted by atomic mass is 10.2. The van der Waals surface area contributed by atoms with Gasteiger partial charge >= 0.3 is 0 Å². The first-order valence-electron chi connectivity index (χ1n) is 5.05. The fourth-order valence-electron chi connectivity index (χ4n) is 1.37. The van der Waals surface area contributed by atoms with Gasteiger partial charge in [-0.2, -0.15) is 0 Å². The third-order valence-corrected chi connectivity index (χ3v) is 3.02. The molecule has 0 unspecified atom stereocenters. The second kappa shape index (κ2) is 4.92. The van der Waals surface area contributed by atoms with Gasteiger partial charge in [0.2, 0.25) is 0 Å². The molecule has 0 saturated carbocycles. The molecule has 0 aromatic carbocycles. The largest absolute Gasteiger partial charge is 0.397 e. The van der Waals surface area contributed by atoms with Gasteiger partial charge in [0.1, 0.15) is 0 Å². The van der Waals surface area contributed by atoms with Crippen LogP contribution in [0, 0.1) is 6.92 Å². The number of nitrogen functional groups attached to an aromatic ring is 1. The summed E-state index contributed by atoms with van der Waals surface area (Å²) in [6, 6.07) is 1.59. The number of aromatic nitrogens is 2. The van der Waals surface area contributed by atoms with Gasteiger partial charge < -0.3 is 11.1 Å². The Morgan fingerprint density at radius 3 is 3.06 bits per heavy atom. The van der Waals surface area contributed by atoms with Gasteiger partial charge in [-0.15, -0.1) is 11.3 Å². The molecule has 0 aliphatic carbocycles. The molecule has 0 aliphatic rings. The van der Waals surface area contributed by atoms with E-state index in [9.17, 15) is 4.79 Å². The highest BCUT2D eigenvalue weighted by molar-refractivity contribution is 7.09. The maximum Gasteiger partial charge on any atom is 0.253 e. The Kier molecular flexibility index (Phi) is 3.34. The summed E-state index contributed by atoms with van der Waals surface area (Å²) in [7, 11) is 0. The summed E-state index contributed by atoms with van der Waals surface area (Å²) in [6.45, 7) is 2.34. The van der Waals surface area contributed by atoms with Crippen molar-refractivity contribution in [2.45, 2.75) is 13.5 Å². The molecule has 0 bridgehead atoms. The number of hydrogen-bond acceptors (Lipinski definition) is 5. The quantitative estimate of drug-likeness (QED) is 0.859. The Hall–Kier alpha value is -1.95. The molecule has 0 spiro atoms. The minimum absolute atomic E-state index is 0.212. The molecule has 5 nitrogen and oxygen atoms in total. The molecule has 0 saturated heterocycles. The number of hydrogen-bond donors (Lipinski definition) is 2. The summed E-state index contributed by atoms with van der Waals surface area (Å²) in [6.07, 6.45) is 3.00. The van der Waals surface area contributed by atoms with E-state index in [1.54, 1.807) is 17.4 Å². The highest BCUT2D eigenvalue weighted by Crippen LogP contribution is 2.10. The van der Waals surface area contributed by atoms with Gasteiger partial charge in [-0.1, -0.05) is 0 Å². The van der Waals surface area contributed by atoms with Crippen molar-refractivity contribution in [2.75, 3.05) is 5.73 Å². The molecule has 1 amide bonds. The molecule has 0 fully saturated rings. The predicted octanol–water partition coefficient (Wildman–Crippen LogP) is 1.36. The maximum atomic E-state index is 11.8. The van der Waals surface area contributed by atoms with Crippen molar-refractivity contribution in [1.29, 1.82) is 0 Å². The number of pyridine rings is 1. The van der Waals surface area contributed by atoms with Gasteiger partial charge in [-0.25, -0.2) is 4.98 Å². The minimum atomic E-state index is -0.212. The third kappa shape index (κ3) is 2.79. The molecular weight excluding hydrogens is 236 g/mol. The second-order valence-electron chi connectivity index (χ2n) is 3.50. The summed E-state index contributed by atoms with van der Waals surface area (Å²) in [4.78, 5) is 19.9. The fourth-order valence-corrected chi connectivity index (χ4v) is 1.98. The Balaban J connectivity index is 2.01. The zero-order chi connectivity index (χ0) is 12.3. The average Bonchev–Trinajstić information content (AvgIpc) is 2.73. The van der Waals surface area contributed by atoms with Gasteiger partial charge in [0, 0.05) is 11.6 Å². The lowest BCUT2D eigenvalue weighted by Gasteiger charge is -2.05. The van der Waals surface area contributed by atoms with Crippen molar-refractivity contribution in [1.82, 2.24) is 15.3 Å². The summed E-state index contributed by atoms with van der Waals surface area (Å²) < 4.78 is 0. The number of carbonyl (C=O) groups excluding carboxylic acids is 1. The Labute approximate surface area is 103 Å². The lowest BCUT2D eigenvalue weighted by molar-refractivity contribution is 0.0951. The monoisotopic (exact) mass is 248 g/mol. The van der Waals surface area contributed by atoms with Crippen LogP contribution in [0.5, 0.6) is 0 Å². The number of nitrogens with one attached hydrogen (secondary N) is 1. The summed E-state index contributed by atoms with van der Waals surface area (Å²) in [5.41, 5.74) is 7.32. The van der Waals surface area contributed by atoms with Gasteiger partial charge in [-0.05, 0) is 13.0 Å². The van der Waals surface area contributed by atoms with E-state index in [0.29, 0.717) is 17.8 Å². The van der Waals surface area contributed by atoms with E-state index in [1.807, 2.05) is 12.3 Å². The number of rotatable bonds is 3. The van der Waals surface area contributed by atoms with E-state index in [0.717, 1.165) is 10.7 Å². The molecule has 6 heteroatoms. The van der Waals surface area contributed by atoms with Gasteiger partial charge in [0.05, 0.1) is 34.7 Å². The molecule has 2 heterocycles. The SMILES string of the molecule is Cc1nc(CNC(=O)c2ccncc2N)cs1. The first-order valence-corrected chi connectivity index (χ1v) is 5.93. The van der Waals surface area contributed by atoms with Crippen LogP contribution >= 0.6 is 11.3 Å². The molecule has 2 aromatic rings. The van der Waals surface area contributed by atoms with E-state index in [-0.39, 0.29) is 5.91 Å². The van der Waals surface area contributed by atoms with Crippen LogP contribution in [0.4, 0.5) is 5.69 Å². The van der Waals surface area contributed by atoms with Crippen LogP contribution in [-0.2, 0) is 6.54 Å². The van der Waals surface area contributed by atoms with Gasteiger partial charge in [0.15, 0.2) is 0 Å². The average molecular weight is 248 g/mol. The zero-order valence-corrected chi connectivity index (χ0v) is 10.1. The van der Waals surface area contributed by atoms with E-state index in [4.69, 9.17) is 5.73 Å². The minimum Gasteiger partial charge on any atom is -0.397 e. The Bertz CT molecular complexity index is 538. The zero-order valence-electron chi connectivity index (χ0n) is 9.30. The molecule has 3 N–H and O–H groups in total. The third-order valence-electron chi connectivity index (χ3n) is 2.19. The lowest BCUT2D eigenvalue weighted by Crippen LogP contribution is -2.24. The summed E-state index contributed by atoms with van der Waals surface area (Å²) in [5.74, 6) is -0.212. The van der Waals surface area contributed by atoms with E-state index < -0.39 is 0 Å². The molecule has 0 radical (unpaired) electrons. The summed E-state index contributed by atoms with van der Waals surface area (Å²) >= 11 is 1.56. The van der Waals surface area contributed by atoms with Crippen LogP contribution < -0.4 is 11.1 Å². The van der Waals surface area contributed by atoms with E-state index in [2.05, 4.69) is 15.3 Å². The molecule has 2 aromatic heterocycles. The number of nitrogens with zero attached hydrogens (tertiary/aromatic N) is 2. The standard InChI is InChI=1S/C11H12N4OS/c1-7-15-8(6-17-7)4-14-11(16)9-2-3-13-5-10(9)12/h2-3,5-6H,4,12H2,1H3,(H,14,16). The number of nitrogens with two attached hydrogens (primary N) is 1.